The van der Waals surface area contributed by atoms with E-state index in [1.54, 1.807) is 12.1 Å². The number of fused-ring (bicyclic) bond motifs is 3. The van der Waals surface area contributed by atoms with Gasteiger partial charge in [0.2, 0.25) is 0 Å². The van der Waals surface area contributed by atoms with Crippen LogP contribution in [0.15, 0.2) is 30.3 Å². The summed E-state index contributed by atoms with van der Waals surface area (Å²) in [4.78, 5) is 31.7. The number of methoxy groups -OCH3 is 1. The Bertz CT molecular complexity index is 1290. The molecule has 0 spiro atoms. The third kappa shape index (κ3) is 3.72. The zero-order valence-corrected chi connectivity index (χ0v) is 18.5. The summed E-state index contributed by atoms with van der Waals surface area (Å²) in [5.74, 6) is -2.08. The average Bonchev–Trinajstić information content (AvgIpc) is 3.20. The number of thiazole rings is 1. The molecule has 178 valence electrons. The van der Waals surface area contributed by atoms with Gasteiger partial charge in [-0.25, -0.2) is 9.78 Å². The SMILES string of the molecule is COc1ccc2nc(N3C4COCC3C4)sc2c1C(=O)Nc1ccc(C(F)(F)F)cc1C(=O)O. The smallest absolute Gasteiger partial charge is 0.416 e. The highest BCUT2D eigenvalue weighted by molar-refractivity contribution is 7.22. The number of morpholine rings is 1. The number of carboxylic acids is 1. The van der Waals surface area contributed by atoms with E-state index >= 15 is 0 Å². The molecule has 1 aromatic heterocycles. The first-order chi connectivity index (χ1) is 16.2. The number of aromatic nitrogens is 1. The molecule has 3 aromatic rings. The summed E-state index contributed by atoms with van der Waals surface area (Å²) in [6.07, 6.45) is -3.71. The molecule has 2 fully saturated rings. The van der Waals surface area contributed by atoms with E-state index in [2.05, 4.69) is 15.2 Å². The number of hydrogen-bond donors (Lipinski definition) is 2. The van der Waals surface area contributed by atoms with Gasteiger partial charge >= 0.3 is 12.1 Å². The van der Waals surface area contributed by atoms with E-state index in [1.165, 1.54) is 18.4 Å². The first-order valence-electron chi connectivity index (χ1n) is 10.3. The predicted molar refractivity (Wildman–Crippen MR) is 118 cm³/mol. The number of hydrogen-bond acceptors (Lipinski definition) is 7. The number of halogens is 3. The Balaban J connectivity index is 1.52. The van der Waals surface area contributed by atoms with Gasteiger partial charge in [0, 0.05) is 0 Å². The third-order valence-electron chi connectivity index (χ3n) is 5.95. The van der Waals surface area contributed by atoms with Gasteiger partial charge in [-0.1, -0.05) is 11.3 Å². The van der Waals surface area contributed by atoms with E-state index in [0.29, 0.717) is 29.5 Å². The van der Waals surface area contributed by atoms with Crippen molar-refractivity contribution in [2.75, 3.05) is 30.5 Å². The molecule has 2 atom stereocenters. The topological polar surface area (TPSA) is 101 Å². The number of alkyl halides is 3. The van der Waals surface area contributed by atoms with Crippen molar-refractivity contribution in [2.24, 2.45) is 0 Å². The fraction of sp³-hybridized carbons (Fsp3) is 0.318. The number of ether oxygens (including phenoxy) is 2. The van der Waals surface area contributed by atoms with Gasteiger partial charge in [-0.3, -0.25) is 4.79 Å². The van der Waals surface area contributed by atoms with Crippen LogP contribution >= 0.6 is 11.3 Å². The van der Waals surface area contributed by atoms with Gasteiger partial charge in [0.1, 0.15) is 11.3 Å². The van der Waals surface area contributed by atoms with Gasteiger partial charge in [-0.2, -0.15) is 13.2 Å². The summed E-state index contributed by atoms with van der Waals surface area (Å²) in [7, 11) is 1.39. The summed E-state index contributed by atoms with van der Waals surface area (Å²) < 4.78 is 50.5. The third-order valence-corrected chi connectivity index (χ3v) is 7.05. The number of rotatable bonds is 5. The lowest BCUT2D eigenvalue weighted by Gasteiger charge is -2.52. The monoisotopic (exact) mass is 493 g/mol. The summed E-state index contributed by atoms with van der Waals surface area (Å²) in [5.41, 5.74) is -1.38. The van der Waals surface area contributed by atoms with Crippen molar-refractivity contribution in [3.05, 3.63) is 47.0 Å². The van der Waals surface area contributed by atoms with Crippen LogP contribution < -0.4 is 15.0 Å². The van der Waals surface area contributed by atoms with Gasteiger partial charge in [-0.05, 0) is 36.8 Å². The van der Waals surface area contributed by atoms with Gasteiger partial charge < -0.3 is 24.8 Å². The lowest BCUT2D eigenvalue weighted by Crippen LogP contribution is -2.64. The molecule has 8 nitrogen and oxygen atoms in total. The van der Waals surface area contributed by atoms with Crippen molar-refractivity contribution in [1.29, 1.82) is 0 Å². The quantitative estimate of drug-likeness (QED) is 0.548. The molecule has 34 heavy (non-hydrogen) atoms. The molecule has 2 aliphatic rings. The molecule has 5 rings (SSSR count). The molecule has 0 saturated carbocycles. The number of nitrogens with zero attached hydrogens (tertiary/aromatic N) is 2. The van der Waals surface area contributed by atoms with Crippen LogP contribution in [0.1, 0.15) is 32.7 Å². The standard InChI is InChI=1S/C22H18F3N3O5S/c1-32-16-5-4-15-18(34-21(27-15)28-11-7-12(28)9-33-8-11)17(16)19(29)26-14-3-2-10(22(23,24)25)6-13(14)20(30)31/h2-6,11-12H,7-9H2,1H3,(H,26,29)(H,30,31). The molecule has 2 N–H and O–H groups in total. The lowest BCUT2D eigenvalue weighted by atomic mass is 9.92. The Morgan fingerprint density at radius 2 is 1.97 bits per heavy atom. The number of nitrogens with one attached hydrogen (secondary N) is 1. The summed E-state index contributed by atoms with van der Waals surface area (Å²) in [6, 6.07) is 5.88. The molecule has 0 radical (unpaired) electrons. The fourth-order valence-corrected chi connectivity index (χ4v) is 5.54. The second kappa shape index (κ2) is 8.13. The van der Waals surface area contributed by atoms with Crippen LogP contribution in [0.5, 0.6) is 5.75 Å². The van der Waals surface area contributed by atoms with E-state index in [-0.39, 0.29) is 29.1 Å². The number of anilines is 2. The van der Waals surface area contributed by atoms with Crippen LogP contribution in [-0.2, 0) is 10.9 Å². The second-order valence-corrected chi connectivity index (χ2v) is 8.97. The molecule has 2 aliphatic heterocycles. The van der Waals surface area contributed by atoms with Crippen LogP contribution in [0.2, 0.25) is 0 Å². The Labute approximate surface area is 194 Å². The van der Waals surface area contributed by atoms with Crippen LogP contribution in [-0.4, -0.2) is 54.4 Å². The number of benzene rings is 2. The average molecular weight is 493 g/mol. The maximum atomic E-state index is 13.3. The van der Waals surface area contributed by atoms with Crippen molar-refractivity contribution < 1.29 is 37.3 Å². The minimum atomic E-state index is -4.72. The first-order valence-corrected chi connectivity index (χ1v) is 11.1. The molecule has 12 heteroatoms. The summed E-state index contributed by atoms with van der Waals surface area (Å²) in [5, 5.41) is 12.6. The lowest BCUT2D eigenvalue weighted by molar-refractivity contribution is -0.137. The van der Waals surface area contributed by atoms with Crippen molar-refractivity contribution in [1.82, 2.24) is 4.98 Å². The van der Waals surface area contributed by atoms with E-state index in [0.717, 1.165) is 23.7 Å². The molecule has 2 aromatic carbocycles. The number of amides is 1. The Kier molecular flexibility index (Phi) is 5.36. The van der Waals surface area contributed by atoms with Crippen molar-refractivity contribution in [2.45, 2.75) is 24.7 Å². The predicted octanol–water partition coefficient (Wildman–Crippen LogP) is 4.25. The summed E-state index contributed by atoms with van der Waals surface area (Å²) in [6.45, 7) is 1.21. The molecule has 3 heterocycles. The Morgan fingerprint density at radius 3 is 2.59 bits per heavy atom. The highest BCUT2D eigenvalue weighted by Gasteiger charge is 2.44. The van der Waals surface area contributed by atoms with Crippen LogP contribution in [0.3, 0.4) is 0 Å². The molecule has 2 unspecified atom stereocenters. The van der Waals surface area contributed by atoms with E-state index < -0.39 is 29.2 Å². The number of carbonyl (C=O) groups is 2. The van der Waals surface area contributed by atoms with Gasteiger partial charge in [0.05, 0.1) is 59.4 Å². The molecule has 1 amide bonds. The fourth-order valence-electron chi connectivity index (χ4n) is 4.30. The normalized spacial score (nSPS) is 19.6. The molecular formula is C22H18F3N3O5S. The van der Waals surface area contributed by atoms with Crippen molar-refractivity contribution in [3.63, 3.8) is 0 Å². The minimum Gasteiger partial charge on any atom is -0.496 e. The van der Waals surface area contributed by atoms with Gasteiger partial charge in [-0.15, -0.1) is 0 Å². The van der Waals surface area contributed by atoms with Crippen LogP contribution in [0.4, 0.5) is 24.0 Å². The Hall–Kier alpha value is -3.38. The number of carbonyl (C=O) groups excluding carboxylic acids is 1. The van der Waals surface area contributed by atoms with Crippen LogP contribution in [0.25, 0.3) is 10.2 Å². The first kappa shape index (κ1) is 22.4. The maximum Gasteiger partial charge on any atom is 0.416 e. The highest BCUT2D eigenvalue weighted by Crippen LogP contribution is 2.42. The van der Waals surface area contributed by atoms with E-state index in [4.69, 9.17) is 9.47 Å². The van der Waals surface area contributed by atoms with Gasteiger partial charge in [0.15, 0.2) is 5.13 Å². The highest BCUT2D eigenvalue weighted by atomic mass is 32.1. The molecule has 0 aliphatic carbocycles. The van der Waals surface area contributed by atoms with Crippen LogP contribution in [0, 0.1) is 0 Å². The molecule has 2 bridgehead atoms. The summed E-state index contributed by atoms with van der Waals surface area (Å²) >= 11 is 1.30. The van der Waals surface area contributed by atoms with Gasteiger partial charge in [0.25, 0.3) is 5.91 Å². The molecular weight excluding hydrogens is 475 g/mol. The molecule has 2 saturated heterocycles. The van der Waals surface area contributed by atoms with E-state index in [1.807, 2.05) is 0 Å². The van der Waals surface area contributed by atoms with Crippen molar-refractivity contribution >= 4 is 44.2 Å². The van der Waals surface area contributed by atoms with Crippen molar-refractivity contribution in [3.8, 4) is 5.75 Å². The Morgan fingerprint density at radius 1 is 1.24 bits per heavy atom. The second-order valence-electron chi connectivity index (χ2n) is 7.99. The maximum absolute atomic E-state index is 13.3. The zero-order valence-electron chi connectivity index (χ0n) is 17.7. The number of carboxylic acid groups (broad SMARTS) is 1. The zero-order chi connectivity index (χ0) is 24.2. The number of aromatic carboxylic acids is 1. The van der Waals surface area contributed by atoms with E-state index in [9.17, 15) is 27.9 Å². The minimum absolute atomic E-state index is 0.127. The largest absolute Gasteiger partial charge is 0.496 e.